The Balaban J connectivity index is 3.35. The summed E-state index contributed by atoms with van der Waals surface area (Å²) < 4.78 is 0. The molecule has 0 aromatic carbocycles. The highest BCUT2D eigenvalue weighted by molar-refractivity contribution is 5.62. The molecule has 0 unspecified atom stereocenters. The fourth-order valence-corrected chi connectivity index (χ4v) is 0.895. The van der Waals surface area contributed by atoms with E-state index in [2.05, 4.69) is 11.6 Å². The first-order chi connectivity index (χ1) is 6.02. The van der Waals surface area contributed by atoms with Crippen LogP contribution in [0.1, 0.15) is 12.5 Å². The number of allylic oxidation sites excluding steroid dienone is 1. The van der Waals surface area contributed by atoms with Gasteiger partial charge in [-0.1, -0.05) is 6.58 Å². The van der Waals surface area contributed by atoms with E-state index >= 15 is 0 Å². The Bertz CT molecular complexity index is 420. The largest absolute Gasteiger partial charge is 0.322 e. The van der Waals surface area contributed by atoms with Crippen LogP contribution in [0.25, 0.3) is 5.57 Å². The van der Waals surface area contributed by atoms with Crippen molar-refractivity contribution in [3.05, 3.63) is 44.9 Å². The van der Waals surface area contributed by atoms with E-state index in [9.17, 15) is 14.9 Å². The molecule has 0 radical (unpaired) electrons. The molecule has 0 bridgehead atoms. The van der Waals surface area contributed by atoms with Gasteiger partial charge in [0.2, 0.25) is 0 Å². The fourth-order valence-electron chi connectivity index (χ4n) is 0.895. The minimum Gasteiger partial charge on any atom is -0.322 e. The maximum atomic E-state index is 11.1. The van der Waals surface area contributed by atoms with E-state index in [0.29, 0.717) is 5.57 Å². The first-order valence-corrected chi connectivity index (χ1v) is 3.55. The number of aromatic amines is 1. The first kappa shape index (κ1) is 9.18. The standard InChI is InChI=1S/C8H8N2O3/c1-5(2)7-3-6(10(12)13)4-9-8(7)11/h3-4H,1H2,2H3,(H,9,11). The van der Waals surface area contributed by atoms with Crippen LogP contribution < -0.4 is 5.56 Å². The molecule has 0 aliphatic rings. The third-order valence-corrected chi connectivity index (χ3v) is 1.56. The van der Waals surface area contributed by atoms with Gasteiger partial charge < -0.3 is 4.98 Å². The zero-order valence-corrected chi connectivity index (χ0v) is 7.03. The van der Waals surface area contributed by atoms with E-state index in [1.807, 2.05) is 0 Å². The third-order valence-electron chi connectivity index (χ3n) is 1.56. The average Bonchev–Trinajstić information content (AvgIpc) is 2.04. The van der Waals surface area contributed by atoms with Gasteiger partial charge in [0.05, 0.1) is 11.1 Å². The zero-order valence-electron chi connectivity index (χ0n) is 7.03. The maximum absolute atomic E-state index is 11.1. The number of aromatic nitrogens is 1. The summed E-state index contributed by atoms with van der Waals surface area (Å²) in [4.78, 5) is 23.1. The Kier molecular flexibility index (Phi) is 2.27. The number of nitrogens with one attached hydrogen (secondary N) is 1. The lowest BCUT2D eigenvalue weighted by atomic mass is 10.1. The Morgan fingerprint density at radius 2 is 2.31 bits per heavy atom. The Labute approximate surface area is 73.9 Å². The van der Waals surface area contributed by atoms with Gasteiger partial charge in [0.15, 0.2) is 0 Å². The molecule has 0 atom stereocenters. The minimum absolute atomic E-state index is 0.141. The lowest BCUT2D eigenvalue weighted by Crippen LogP contribution is -2.10. The minimum atomic E-state index is -0.567. The maximum Gasteiger partial charge on any atom is 0.286 e. The fraction of sp³-hybridized carbons (Fsp3) is 0.125. The van der Waals surface area contributed by atoms with E-state index in [4.69, 9.17) is 0 Å². The summed E-state index contributed by atoms with van der Waals surface area (Å²) >= 11 is 0. The predicted octanol–water partition coefficient (Wildman–Crippen LogP) is 1.32. The van der Waals surface area contributed by atoms with Crippen molar-refractivity contribution < 1.29 is 4.92 Å². The highest BCUT2D eigenvalue weighted by Gasteiger charge is 2.09. The molecule has 1 aromatic heterocycles. The highest BCUT2D eigenvalue weighted by Crippen LogP contribution is 2.12. The zero-order chi connectivity index (χ0) is 10.0. The average molecular weight is 180 g/mol. The highest BCUT2D eigenvalue weighted by atomic mass is 16.6. The SMILES string of the molecule is C=C(C)c1cc([N+](=O)[O-])c[nH]c1=O. The van der Waals surface area contributed by atoms with E-state index in [1.54, 1.807) is 6.92 Å². The number of nitrogens with zero attached hydrogens (tertiary/aromatic N) is 1. The normalized spacial score (nSPS) is 9.62. The van der Waals surface area contributed by atoms with Crippen LogP contribution in [-0.4, -0.2) is 9.91 Å². The second-order valence-electron chi connectivity index (χ2n) is 2.64. The van der Waals surface area contributed by atoms with Gasteiger partial charge in [-0.3, -0.25) is 14.9 Å². The lowest BCUT2D eigenvalue weighted by Gasteiger charge is -1.96. The molecule has 68 valence electrons. The van der Waals surface area contributed by atoms with Crippen LogP contribution in [-0.2, 0) is 0 Å². The van der Waals surface area contributed by atoms with Crippen molar-refractivity contribution in [1.82, 2.24) is 4.98 Å². The van der Waals surface area contributed by atoms with E-state index < -0.39 is 4.92 Å². The number of nitro groups is 1. The lowest BCUT2D eigenvalue weighted by molar-refractivity contribution is -0.385. The molecule has 0 amide bonds. The smallest absolute Gasteiger partial charge is 0.286 e. The Hall–Kier alpha value is -1.91. The van der Waals surface area contributed by atoms with Crippen LogP contribution in [0.3, 0.4) is 0 Å². The van der Waals surface area contributed by atoms with Gasteiger partial charge in [0.1, 0.15) is 0 Å². The van der Waals surface area contributed by atoms with Crippen LogP contribution in [0.2, 0.25) is 0 Å². The number of rotatable bonds is 2. The van der Waals surface area contributed by atoms with Gasteiger partial charge in [0, 0.05) is 11.6 Å². The molecule has 0 aliphatic carbocycles. The molecule has 0 saturated heterocycles. The Morgan fingerprint density at radius 1 is 1.69 bits per heavy atom. The van der Waals surface area contributed by atoms with Crippen molar-refractivity contribution in [2.24, 2.45) is 0 Å². The summed E-state index contributed by atoms with van der Waals surface area (Å²) in [5.74, 6) is 0. The monoisotopic (exact) mass is 180 g/mol. The quantitative estimate of drug-likeness (QED) is 0.550. The summed E-state index contributed by atoms with van der Waals surface area (Å²) in [5.41, 5.74) is 0.245. The summed E-state index contributed by atoms with van der Waals surface area (Å²) in [6.45, 7) is 5.16. The molecule has 5 heteroatoms. The molecule has 1 rings (SSSR count). The molecule has 1 aromatic rings. The molecular formula is C8H8N2O3. The van der Waals surface area contributed by atoms with Crippen LogP contribution >= 0.6 is 0 Å². The molecule has 0 aliphatic heterocycles. The molecule has 0 spiro atoms. The summed E-state index contributed by atoms with van der Waals surface area (Å²) in [6, 6.07) is 1.21. The summed E-state index contributed by atoms with van der Waals surface area (Å²) in [7, 11) is 0. The Morgan fingerprint density at radius 3 is 2.77 bits per heavy atom. The number of H-pyrrole nitrogens is 1. The first-order valence-electron chi connectivity index (χ1n) is 3.55. The van der Waals surface area contributed by atoms with Crippen molar-refractivity contribution in [3.63, 3.8) is 0 Å². The summed E-state index contributed by atoms with van der Waals surface area (Å²) in [5, 5.41) is 10.3. The van der Waals surface area contributed by atoms with E-state index in [-0.39, 0.29) is 16.8 Å². The van der Waals surface area contributed by atoms with Crippen molar-refractivity contribution in [2.45, 2.75) is 6.92 Å². The van der Waals surface area contributed by atoms with Crippen LogP contribution in [0.4, 0.5) is 5.69 Å². The van der Waals surface area contributed by atoms with E-state index in [1.165, 1.54) is 6.07 Å². The van der Waals surface area contributed by atoms with Gasteiger partial charge in [-0.2, -0.15) is 0 Å². The van der Waals surface area contributed by atoms with Gasteiger partial charge in [-0.05, 0) is 12.5 Å². The summed E-state index contributed by atoms with van der Waals surface area (Å²) in [6.07, 6.45) is 1.06. The molecule has 5 nitrogen and oxygen atoms in total. The van der Waals surface area contributed by atoms with Crippen molar-refractivity contribution in [1.29, 1.82) is 0 Å². The molecular weight excluding hydrogens is 172 g/mol. The second kappa shape index (κ2) is 3.22. The van der Waals surface area contributed by atoms with Crippen LogP contribution in [0.15, 0.2) is 23.6 Å². The number of pyridine rings is 1. The molecule has 1 N–H and O–H groups in total. The van der Waals surface area contributed by atoms with Gasteiger partial charge >= 0.3 is 0 Å². The van der Waals surface area contributed by atoms with Gasteiger partial charge in [0.25, 0.3) is 11.2 Å². The number of hydrogen-bond acceptors (Lipinski definition) is 3. The molecule has 0 saturated carbocycles. The second-order valence-corrected chi connectivity index (χ2v) is 2.64. The van der Waals surface area contributed by atoms with Gasteiger partial charge in [-0.15, -0.1) is 0 Å². The van der Waals surface area contributed by atoms with Crippen molar-refractivity contribution in [2.75, 3.05) is 0 Å². The van der Waals surface area contributed by atoms with Crippen molar-refractivity contribution in [3.8, 4) is 0 Å². The molecule has 13 heavy (non-hydrogen) atoms. The van der Waals surface area contributed by atoms with Crippen molar-refractivity contribution >= 4 is 11.3 Å². The van der Waals surface area contributed by atoms with E-state index in [0.717, 1.165) is 6.20 Å². The van der Waals surface area contributed by atoms with Crippen LogP contribution in [0, 0.1) is 10.1 Å². The third kappa shape index (κ3) is 1.81. The topological polar surface area (TPSA) is 76.0 Å². The van der Waals surface area contributed by atoms with Gasteiger partial charge in [-0.25, -0.2) is 0 Å². The number of hydrogen-bond donors (Lipinski definition) is 1. The molecule has 1 heterocycles. The molecule has 0 fully saturated rings. The predicted molar refractivity (Wildman–Crippen MR) is 48.4 cm³/mol. The van der Waals surface area contributed by atoms with Crippen LogP contribution in [0.5, 0.6) is 0 Å².